The summed E-state index contributed by atoms with van der Waals surface area (Å²) in [6.45, 7) is 18.6. The van der Waals surface area contributed by atoms with Gasteiger partial charge < -0.3 is 29.9 Å². The average Bonchev–Trinajstić information content (AvgIpc) is 3.37. The fourth-order valence-electron chi connectivity index (χ4n) is 13.1. The summed E-state index contributed by atoms with van der Waals surface area (Å²) in [7, 11) is 0. The van der Waals surface area contributed by atoms with Gasteiger partial charge in [0, 0.05) is 17.3 Å². The van der Waals surface area contributed by atoms with Gasteiger partial charge in [-0.1, -0.05) is 46.8 Å². The van der Waals surface area contributed by atoms with E-state index in [1.807, 2.05) is 0 Å². The van der Waals surface area contributed by atoms with E-state index in [-0.39, 0.29) is 40.0 Å². The lowest BCUT2D eigenvalue weighted by Gasteiger charge is -2.72. The molecular weight excluding hydrogens is 560 g/mol. The first-order valence-corrected chi connectivity index (χ1v) is 17.2. The lowest BCUT2D eigenvalue weighted by Crippen LogP contribution is -2.69. The van der Waals surface area contributed by atoms with Crippen molar-refractivity contribution in [3.63, 3.8) is 0 Å². The third kappa shape index (κ3) is 4.12. The minimum absolute atomic E-state index is 0.0202. The summed E-state index contributed by atoms with van der Waals surface area (Å²) in [5.41, 5.74) is 0.468. The minimum Gasteiger partial charge on any atom is -0.435 e. The molecule has 8 heteroatoms. The Morgan fingerprint density at radius 1 is 0.909 bits per heavy atom. The zero-order valence-electron chi connectivity index (χ0n) is 27.6. The van der Waals surface area contributed by atoms with Crippen LogP contribution in [0, 0.1) is 56.7 Å². The highest BCUT2D eigenvalue weighted by Crippen LogP contribution is 2.77. The number of rotatable bonds is 5. The summed E-state index contributed by atoms with van der Waals surface area (Å²) in [5, 5.41) is 44.4. The highest BCUT2D eigenvalue weighted by atomic mass is 16.7. The van der Waals surface area contributed by atoms with Crippen molar-refractivity contribution < 1.29 is 39.5 Å². The van der Waals surface area contributed by atoms with Crippen LogP contribution in [0.4, 0.5) is 0 Å². The third-order valence-corrected chi connectivity index (χ3v) is 15.6. The first-order chi connectivity index (χ1) is 20.5. The standard InChI is InChI=1S/C36H56O8/c1-19(2)20-10-15-36(30(42)29-27(40)26(39)28(41)31(44-29)43-18-37)17-16-34(6)21(25(20)36)8-9-23-33(5)13-12-24(38)32(3,4)22(33)11-14-35(23,34)7/h18,20-23,25-31,39-42H,1,8-17H2,2-7H3/t20-,21?,22?,23?,25?,26+,27?,28-,29+,30?,31?,33-,34+,35+,36-/m0/s1. The van der Waals surface area contributed by atoms with Crippen molar-refractivity contribution in [3.8, 4) is 0 Å². The molecule has 1 aliphatic heterocycles. The molecule has 7 unspecified atom stereocenters. The van der Waals surface area contributed by atoms with Gasteiger partial charge in [-0.25, -0.2) is 0 Å². The Morgan fingerprint density at radius 3 is 2.27 bits per heavy atom. The second kappa shape index (κ2) is 10.6. The van der Waals surface area contributed by atoms with Gasteiger partial charge in [-0.2, -0.15) is 0 Å². The Balaban J connectivity index is 1.37. The molecule has 0 aromatic rings. The number of carbonyl (C=O) groups is 2. The van der Waals surface area contributed by atoms with Crippen LogP contribution < -0.4 is 0 Å². The van der Waals surface area contributed by atoms with Gasteiger partial charge in [0.15, 0.2) is 0 Å². The molecule has 248 valence electrons. The fourth-order valence-corrected chi connectivity index (χ4v) is 13.1. The van der Waals surface area contributed by atoms with Crippen molar-refractivity contribution >= 4 is 12.3 Å². The molecule has 5 saturated carbocycles. The summed E-state index contributed by atoms with van der Waals surface area (Å²) in [4.78, 5) is 24.2. The first kappa shape index (κ1) is 32.6. The average molecular weight is 617 g/mol. The maximum absolute atomic E-state index is 13.1. The highest BCUT2D eigenvalue weighted by molar-refractivity contribution is 5.85. The molecule has 0 aromatic carbocycles. The van der Waals surface area contributed by atoms with E-state index in [1.54, 1.807) is 0 Å². The maximum Gasteiger partial charge on any atom is 0.295 e. The van der Waals surface area contributed by atoms with Crippen LogP contribution in [0.15, 0.2) is 12.2 Å². The lowest BCUT2D eigenvalue weighted by molar-refractivity contribution is -0.314. The number of allylic oxidation sites excluding steroid dienone is 1. The fraction of sp³-hybridized carbons (Fsp3) is 0.889. The van der Waals surface area contributed by atoms with Crippen LogP contribution >= 0.6 is 0 Å². The summed E-state index contributed by atoms with van der Waals surface area (Å²) < 4.78 is 10.8. The van der Waals surface area contributed by atoms with E-state index in [0.29, 0.717) is 30.0 Å². The molecule has 4 N–H and O–H groups in total. The van der Waals surface area contributed by atoms with Crippen LogP contribution in [0.1, 0.15) is 106 Å². The lowest BCUT2D eigenvalue weighted by atomic mass is 9.32. The smallest absolute Gasteiger partial charge is 0.295 e. The van der Waals surface area contributed by atoms with Crippen molar-refractivity contribution in [3.05, 3.63) is 12.2 Å². The number of hydrogen-bond acceptors (Lipinski definition) is 8. The number of Topliss-reactive ketones (excluding diaryl/α,β-unsaturated/α-hetero) is 1. The number of ether oxygens (including phenoxy) is 2. The SMILES string of the molecule is C=C(C)[C@@H]1CC[C@]2(C(O)[C@@H]3OC(OC=O)[C@@H](O)[C@H](O)C3O)CC[C@]3(C)C(CCC4[C@@]5(C)CCC(=O)C(C)(C)C5CC[C@]43C)C12. The zero-order chi connectivity index (χ0) is 32.2. The van der Waals surface area contributed by atoms with Crippen molar-refractivity contribution in [2.24, 2.45) is 56.7 Å². The molecule has 6 aliphatic rings. The van der Waals surface area contributed by atoms with E-state index in [0.717, 1.165) is 63.4 Å². The Kier molecular flexibility index (Phi) is 7.85. The highest BCUT2D eigenvalue weighted by Gasteiger charge is 2.72. The van der Waals surface area contributed by atoms with E-state index in [9.17, 15) is 30.0 Å². The Labute approximate surface area is 263 Å². The van der Waals surface area contributed by atoms with E-state index < -0.39 is 42.2 Å². The molecule has 1 heterocycles. The predicted octanol–water partition coefficient (Wildman–Crippen LogP) is 4.55. The van der Waals surface area contributed by atoms with E-state index >= 15 is 0 Å². The van der Waals surface area contributed by atoms with Gasteiger partial charge in [0.2, 0.25) is 6.29 Å². The van der Waals surface area contributed by atoms with Crippen LogP contribution in [0.25, 0.3) is 0 Å². The number of aliphatic hydroxyl groups excluding tert-OH is 4. The second-order valence-corrected chi connectivity index (χ2v) is 17.2. The van der Waals surface area contributed by atoms with Crippen molar-refractivity contribution in [1.82, 2.24) is 0 Å². The first-order valence-electron chi connectivity index (χ1n) is 17.2. The molecule has 5 aliphatic carbocycles. The van der Waals surface area contributed by atoms with Crippen LogP contribution in [0.3, 0.4) is 0 Å². The molecule has 6 fully saturated rings. The molecule has 15 atom stereocenters. The van der Waals surface area contributed by atoms with E-state index in [4.69, 9.17) is 9.47 Å². The molecule has 0 spiro atoms. The predicted molar refractivity (Wildman–Crippen MR) is 164 cm³/mol. The monoisotopic (exact) mass is 616 g/mol. The summed E-state index contributed by atoms with van der Waals surface area (Å²) in [6.07, 6.45) is 0.719. The second-order valence-electron chi connectivity index (χ2n) is 17.2. The molecule has 0 bridgehead atoms. The molecule has 8 nitrogen and oxygen atoms in total. The summed E-state index contributed by atoms with van der Waals surface area (Å²) >= 11 is 0. The number of aliphatic hydroxyl groups is 4. The number of hydrogen-bond donors (Lipinski definition) is 4. The van der Waals surface area contributed by atoms with Gasteiger partial charge in [-0.15, -0.1) is 0 Å². The molecule has 6 rings (SSSR count). The van der Waals surface area contributed by atoms with Crippen LogP contribution in [0.2, 0.25) is 0 Å². The Morgan fingerprint density at radius 2 is 1.61 bits per heavy atom. The number of ketones is 1. The van der Waals surface area contributed by atoms with Gasteiger partial charge in [-0.3, -0.25) is 9.59 Å². The van der Waals surface area contributed by atoms with Gasteiger partial charge in [0.05, 0.1) is 6.10 Å². The van der Waals surface area contributed by atoms with E-state index in [1.165, 1.54) is 0 Å². The van der Waals surface area contributed by atoms with Gasteiger partial charge in [0.1, 0.15) is 30.2 Å². The number of carbonyl (C=O) groups excluding carboxylic acids is 2. The maximum atomic E-state index is 13.1. The molecule has 1 saturated heterocycles. The van der Waals surface area contributed by atoms with Crippen molar-refractivity contribution in [2.45, 2.75) is 143 Å². The normalized spacial score (nSPS) is 53.8. The van der Waals surface area contributed by atoms with Crippen LogP contribution in [-0.4, -0.2) is 69.5 Å². The van der Waals surface area contributed by atoms with Crippen molar-refractivity contribution in [1.29, 1.82) is 0 Å². The largest absolute Gasteiger partial charge is 0.435 e. The summed E-state index contributed by atoms with van der Waals surface area (Å²) in [5.74, 6) is 1.99. The molecule has 0 aromatic heterocycles. The molecule has 0 amide bonds. The summed E-state index contributed by atoms with van der Waals surface area (Å²) in [6, 6.07) is 0. The Hall–Kier alpha value is -1.32. The van der Waals surface area contributed by atoms with Gasteiger partial charge in [0.25, 0.3) is 6.47 Å². The number of fused-ring (bicyclic) bond motifs is 7. The van der Waals surface area contributed by atoms with E-state index in [2.05, 4.69) is 48.1 Å². The minimum atomic E-state index is -1.62. The molecular formula is C36H56O8. The van der Waals surface area contributed by atoms with Gasteiger partial charge >= 0.3 is 0 Å². The van der Waals surface area contributed by atoms with Crippen LogP contribution in [-0.2, 0) is 19.1 Å². The topological polar surface area (TPSA) is 134 Å². The molecule has 44 heavy (non-hydrogen) atoms. The van der Waals surface area contributed by atoms with Crippen molar-refractivity contribution in [2.75, 3.05) is 0 Å². The molecule has 0 radical (unpaired) electrons. The van der Waals surface area contributed by atoms with Crippen LogP contribution in [0.5, 0.6) is 0 Å². The third-order valence-electron chi connectivity index (χ3n) is 15.6. The quantitative estimate of drug-likeness (QED) is 0.261. The Bertz CT molecular complexity index is 1180. The zero-order valence-corrected chi connectivity index (χ0v) is 27.6. The van der Waals surface area contributed by atoms with Gasteiger partial charge in [-0.05, 0) is 111 Å².